The standard InChI is InChI=1S/C33H23N2O/c1-33(2)24-11-5-9-22-23-10-6-13-26-31(23)35(30(22)24)32-25(33)12-7-14-27(32)34(26)19-16-17-21-20-8-3-4-15-28(20)36-29(21)18-19/h3-18,32H,1-2H3/q+1. The lowest BCUT2D eigenvalue weighted by atomic mass is 9.69. The maximum atomic E-state index is 6.30. The van der Waals surface area contributed by atoms with Crippen LogP contribution in [0.5, 0.6) is 0 Å². The van der Waals surface area contributed by atoms with Crippen LogP contribution in [-0.4, -0.2) is 10.3 Å². The third kappa shape index (κ3) is 2.02. The second-order valence-corrected chi connectivity index (χ2v) is 10.8. The minimum absolute atomic E-state index is 0.0591. The highest BCUT2D eigenvalue weighted by Crippen LogP contribution is 2.54. The largest absolute Gasteiger partial charge is 0.456 e. The molecule has 2 aliphatic heterocycles. The zero-order chi connectivity index (χ0) is 23.8. The summed E-state index contributed by atoms with van der Waals surface area (Å²) < 4.78 is 11.4. The first kappa shape index (κ1) is 18.9. The lowest BCUT2D eigenvalue weighted by molar-refractivity contribution is 0.528. The molecule has 3 aliphatic rings. The van der Waals surface area contributed by atoms with Gasteiger partial charge in [-0.2, -0.15) is 4.58 Å². The van der Waals surface area contributed by atoms with E-state index in [0.29, 0.717) is 0 Å². The number of para-hydroxylation sites is 3. The minimum atomic E-state index is -0.0591. The molecule has 0 saturated carbocycles. The van der Waals surface area contributed by atoms with Crippen LogP contribution in [0.15, 0.2) is 107 Å². The quantitative estimate of drug-likeness (QED) is 0.225. The first-order valence-electron chi connectivity index (χ1n) is 12.7. The Kier molecular flexibility index (Phi) is 3.18. The molecule has 170 valence electrons. The fourth-order valence-electron chi connectivity index (χ4n) is 7.12. The molecule has 3 nitrogen and oxygen atoms in total. The van der Waals surface area contributed by atoms with Crippen molar-refractivity contribution in [2.24, 2.45) is 0 Å². The average Bonchev–Trinajstić information content (AvgIpc) is 3.44. The predicted molar refractivity (Wildman–Crippen MR) is 149 cm³/mol. The maximum absolute atomic E-state index is 6.30. The molecule has 1 aliphatic carbocycles. The Bertz CT molecular complexity index is 2080. The van der Waals surface area contributed by atoms with Crippen molar-refractivity contribution in [2.75, 3.05) is 0 Å². The number of fused-ring (bicyclic) bond motifs is 4. The number of nitrogens with zero attached hydrogens (tertiary/aromatic N) is 2. The van der Waals surface area contributed by atoms with Gasteiger partial charge in [0.25, 0.3) is 0 Å². The molecule has 3 heteroatoms. The summed E-state index contributed by atoms with van der Waals surface area (Å²) in [5, 5.41) is 4.99. The van der Waals surface area contributed by atoms with Gasteiger partial charge >= 0.3 is 0 Å². The molecule has 36 heavy (non-hydrogen) atoms. The van der Waals surface area contributed by atoms with Gasteiger partial charge in [-0.3, -0.25) is 0 Å². The van der Waals surface area contributed by atoms with Gasteiger partial charge in [0.1, 0.15) is 22.7 Å². The average molecular weight is 464 g/mol. The van der Waals surface area contributed by atoms with Gasteiger partial charge in [0, 0.05) is 45.2 Å². The topological polar surface area (TPSA) is 21.1 Å². The van der Waals surface area contributed by atoms with Crippen LogP contribution in [0.1, 0.15) is 25.5 Å². The highest BCUT2D eigenvalue weighted by molar-refractivity contribution is 6.20. The van der Waals surface area contributed by atoms with Gasteiger partial charge < -0.3 is 8.98 Å². The smallest absolute Gasteiger partial charge is 0.235 e. The van der Waals surface area contributed by atoms with Crippen LogP contribution in [0.4, 0.5) is 11.4 Å². The normalized spacial score (nSPS) is 19.3. The fourth-order valence-corrected chi connectivity index (χ4v) is 7.12. The van der Waals surface area contributed by atoms with E-state index in [1.54, 1.807) is 0 Å². The number of aromatic nitrogens is 1. The number of furan rings is 1. The summed E-state index contributed by atoms with van der Waals surface area (Å²) >= 11 is 0. The van der Waals surface area contributed by atoms with E-state index in [0.717, 1.165) is 27.6 Å². The highest BCUT2D eigenvalue weighted by atomic mass is 16.3. The van der Waals surface area contributed by atoms with Crippen LogP contribution in [0.3, 0.4) is 0 Å². The second-order valence-electron chi connectivity index (χ2n) is 10.8. The van der Waals surface area contributed by atoms with Crippen LogP contribution in [-0.2, 0) is 5.41 Å². The van der Waals surface area contributed by atoms with Crippen molar-refractivity contribution in [1.82, 2.24) is 9.14 Å². The van der Waals surface area contributed by atoms with E-state index < -0.39 is 0 Å². The molecular formula is C33H23N2O+. The molecule has 9 rings (SSSR count). The van der Waals surface area contributed by atoms with E-state index in [4.69, 9.17) is 4.42 Å². The van der Waals surface area contributed by atoms with Crippen molar-refractivity contribution < 1.29 is 4.42 Å². The van der Waals surface area contributed by atoms with Crippen LogP contribution in [0.2, 0.25) is 0 Å². The van der Waals surface area contributed by atoms with E-state index in [-0.39, 0.29) is 11.5 Å². The Morgan fingerprint density at radius 1 is 0.778 bits per heavy atom. The summed E-state index contributed by atoms with van der Waals surface area (Å²) in [6, 6.07) is 28.7. The first-order valence-corrected chi connectivity index (χ1v) is 12.7. The van der Waals surface area contributed by atoms with E-state index >= 15 is 0 Å². The zero-order valence-electron chi connectivity index (χ0n) is 20.1. The minimum Gasteiger partial charge on any atom is -0.456 e. The van der Waals surface area contributed by atoms with Gasteiger partial charge in [-0.15, -0.1) is 0 Å². The lowest BCUT2D eigenvalue weighted by Crippen LogP contribution is -2.41. The molecule has 2 aromatic heterocycles. The van der Waals surface area contributed by atoms with Crippen LogP contribution in [0, 0.1) is 0 Å². The van der Waals surface area contributed by atoms with Gasteiger partial charge in [-0.05, 0) is 23.3 Å². The maximum Gasteiger partial charge on any atom is 0.235 e. The zero-order valence-corrected chi connectivity index (χ0v) is 20.1. The third-order valence-corrected chi connectivity index (χ3v) is 8.71. The van der Waals surface area contributed by atoms with Crippen molar-refractivity contribution in [3.05, 3.63) is 108 Å². The van der Waals surface area contributed by atoms with Crippen molar-refractivity contribution >= 4 is 60.8 Å². The molecule has 1 unspecified atom stereocenters. The molecule has 4 heterocycles. The predicted octanol–water partition coefficient (Wildman–Crippen LogP) is 8.31. The number of allylic oxidation sites excluding steroid dienone is 4. The fraction of sp³-hybridized carbons (Fsp3) is 0.121. The molecular weight excluding hydrogens is 440 g/mol. The van der Waals surface area contributed by atoms with Crippen LogP contribution in [0.25, 0.3) is 43.7 Å². The molecule has 0 fully saturated rings. The van der Waals surface area contributed by atoms with Crippen LogP contribution >= 0.6 is 0 Å². The molecule has 0 amide bonds. The molecule has 0 spiro atoms. The SMILES string of the molecule is CC1(C)C2=CC=CC3=[N+](c4ccc5c(c4)oc4ccccc45)c4cccc5c6cccc1c6n(c45)C23. The number of rotatable bonds is 1. The lowest BCUT2D eigenvalue weighted by Gasteiger charge is -2.42. The van der Waals surface area contributed by atoms with Crippen molar-refractivity contribution in [3.8, 4) is 0 Å². The van der Waals surface area contributed by atoms with Gasteiger partial charge in [0.15, 0.2) is 0 Å². The Hall–Kier alpha value is -4.37. The van der Waals surface area contributed by atoms with Crippen molar-refractivity contribution in [2.45, 2.75) is 25.3 Å². The van der Waals surface area contributed by atoms with E-state index in [2.05, 4.69) is 108 Å². The second kappa shape index (κ2) is 6.06. The summed E-state index contributed by atoms with van der Waals surface area (Å²) in [7, 11) is 0. The number of hydrogen-bond acceptors (Lipinski definition) is 1. The highest BCUT2D eigenvalue weighted by Gasteiger charge is 2.48. The summed E-state index contributed by atoms with van der Waals surface area (Å²) in [5.41, 5.74) is 11.0. The summed E-state index contributed by atoms with van der Waals surface area (Å²) in [6.45, 7) is 4.76. The molecule has 4 aromatic carbocycles. The van der Waals surface area contributed by atoms with Gasteiger partial charge in [-0.1, -0.05) is 74.5 Å². The van der Waals surface area contributed by atoms with Gasteiger partial charge in [0.2, 0.25) is 17.1 Å². The third-order valence-electron chi connectivity index (χ3n) is 8.71. The Morgan fingerprint density at radius 3 is 2.47 bits per heavy atom. The van der Waals surface area contributed by atoms with E-state index in [9.17, 15) is 0 Å². The summed E-state index contributed by atoms with van der Waals surface area (Å²) in [6.07, 6.45) is 6.88. The Morgan fingerprint density at radius 2 is 1.56 bits per heavy atom. The molecule has 0 bridgehead atoms. The Labute approximate surface area is 207 Å². The molecule has 0 radical (unpaired) electrons. The monoisotopic (exact) mass is 463 g/mol. The molecule has 0 N–H and O–H groups in total. The Balaban J connectivity index is 1.44. The number of hydrogen-bond donors (Lipinski definition) is 0. The molecule has 0 saturated heterocycles. The van der Waals surface area contributed by atoms with Gasteiger partial charge in [0.05, 0.1) is 11.6 Å². The first-order chi connectivity index (χ1) is 17.6. The molecule has 6 aromatic rings. The van der Waals surface area contributed by atoms with Crippen molar-refractivity contribution in [3.63, 3.8) is 0 Å². The van der Waals surface area contributed by atoms with Crippen molar-refractivity contribution in [1.29, 1.82) is 0 Å². The summed E-state index contributed by atoms with van der Waals surface area (Å²) in [5.74, 6) is 0. The molecule has 1 atom stereocenters. The van der Waals surface area contributed by atoms with E-state index in [1.807, 2.05) is 12.1 Å². The summed E-state index contributed by atoms with van der Waals surface area (Å²) in [4.78, 5) is 0. The number of benzene rings is 4. The van der Waals surface area contributed by atoms with Gasteiger partial charge in [-0.25, -0.2) is 0 Å². The van der Waals surface area contributed by atoms with E-state index in [1.165, 1.54) is 44.3 Å². The van der Waals surface area contributed by atoms with Crippen LogP contribution < -0.4 is 4.58 Å².